The maximum Gasteiger partial charge on any atom is 0.128 e. The Morgan fingerprint density at radius 1 is 1.11 bits per heavy atom. The van der Waals surface area contributed by atoms with Crippen LogP contribution >= 0.6 is 0 Å². The second-order valence-corrected chi connectivity index (χ2v) is 4.35. The first-order valence-electron chi connectivity index (χ1n) is 6.01. The Kier molecular flexibility index (Phi) is 2.52. The lowest BCUT2D eigenvalue weighted by atomic mass is 10.2. The van der Waals surface area contributed by atoms with Crippen molar-refractivity contribution in [1.82, 2.24) is 9.55 Å². The molecule has 3 aromatic rings. The van der Waals surface area contributed by atoms with Gasteiger partial charge < -0.3 is 9.88 Å². The second-order valence-electron chi connectivity index (χ2n) is 4.35. The molecule has 0 saturated heterocycles. The van der Waals surface area contributed by atoms with Crippen molar-refractivity contribution in [3.05, 3.63) is 54.4 Å². The van der Waals surface area contributed by atoms with Crippen molar-refractivity contribution in [2.45, 2.75) is 6.92 Å². The van der Waals surface area contributed by atoms with Crippen LogP contribution in [0.5, 0.6) is 0 Å². The van der Waals surface area contributed by atoms with Crippen LogP contribution in [0.1, 0.15) is 5.69 Å². The number of hydrogen-bond acceptors (Lipinski definition) is 2. The highest BCUT2D eigenvalue weighted by Gasteiger charge is 2.04. The summed E-state index contributed by atoms with van der Waals surface area (Å²) in [5, 5.41) is 4.34. The predicted octanol–water partition coefficient (Wildman–Crippen LogP) is 3.38. The minimum atomic E-state index is 0.891. The number of rotatable bonds is 2. The quantitative estimate of drug-likeness (QED) is 0.740. The first-order valence-corrected chi connectivity index (χ1v) is 6.01. The molecule has 0 saturated carbocycles. The lowest BCUT2D eigenvalue weighted by molar-refractivity contribution is 1.09. The van der Waals surface area contributed by atoms with E-state index in [9.17, 15) is 0 Å². The summed E-state index contributed by atoms with van der Waals surface area (Å²) in [6, 6.07) is 14.6. The highest BCUT2D eigenvalue weighted by atomic mass is 15.0. The van der Waals surface area contributed by atoms with Crippen molar-refractivity contribution in [2.24, 2.45) is 0 Å². The van der Waals surface area contributed by atoms with Crippen LogP contribution in [0.15, 0.2) is 48.7 Å². The number of aryl methyl sites for hydroxylation is 1. The summed E-state index contributed by atoms with van der Waals surface area (Å²) in [6.45, 7) is 2.01. The van der Waals surface area contributed by atoms with Gasteiger partial charge >= 0.3 is 0 Å². The van der Waals surface area contributed by atoms with Crippen LogP contribution in [-0.2, 0) is 0 Å². The van der Waals surface area contributed by atoms with Crippen molar-refractivity contribution in [1.29, 1.82) is 0 Å². The SMILES string of the molecule is CNc1cc(-n2ccc3ccccc32)cc(C)n1. The molecule has 0 unspecified atom stereocenters. The lowest BCUT2D eigenvalue weighted by Gasteiger charge is -2.09. The normalized spacial score (nSPS) is 10.8. The third kappa shape index (κ3) is 1.74. The van der Waals surface area contributed by atoms with E-state index in [-0.39, 0.29) is 0 Å². The number of fused-ring (bicyclic) bond motifs is 1. The van der Waals surface area contributed by atoms with Crippen LogP contribution in [0.3, 0.4) is 0 Å². The van der Waals surface area contributed by atoms with Gasteiger partial charge in [-0.15, -0.1) is 0 Å². The number of nitrogens with zero attached hydrogens (tertiary/aromatic N) is 2. The van der Waals surface area contributed by atoms with Gasteiger partial charge in [-0.1, -0.05) is 18.2 Å². The molecule has 18 heavy (non-hydrogen) atoms. The van der Waals surface area contributed by atoms with Crippen molar-refractivity contribution >= 4 is 16.7 Å². The Balaban J connectivity index is 2.22. The number of para-hydroxylation sites is 1. The van der Waals surface area contributed by atoms with Gasteiger partial charge in [0.25, 0.3) is 0 Å². The zero-order valence-electron chi connectivity index (χ0n) is 10.5. The van der Waals surface area contributed by atoms with E-state index in [2.05, 4.69) is 63.5 Å². The van der Waals surface area contributed by atoms with Gasteiger partial charge in [-0.3, -0.25) is 0 Å². The average Bonchev–Trinajstić information content (AvgIpc) is 2.81. The summed E-state index contributed by atoms with van der Waals surface area (Å²) in [4.78, 5) is 4.42. The minimum Gasteiger partial charge on any atom is -0.373 e. The molecule has 0 radical (unpaired) electrons. The fourth-order valence-electron chi connectivity index (χ4n) is 2.23. The summed E-state index contributed by atoms with van der Waals surface area (Å²) in [5.74, 6) is 0.891. The number of pyridine rings is 1. The fourth-order valence-corrected chi connectivity index (χ4v) is 2.23. The van der Waals surface area contributed by atoms with Crippen LogP contribution in [0.2, 0.25) is 0 Å². The van der Waals surface area contributed by atoms with Crippen molar-refractivity contribution in [3.63, 3.8) is 0 Å². The number of aromatic nitrogens is 2. The third-order valence-corrected chi connectivity index (χ3v) is 3.07. The molecule has 0 amide bonds. The van der Waals surface area contributed by atoms with Crippen LogP contribution < -0.4 is 5.32 Å². The molecule has 0 aliphatic rings. The smallest absolute Gasteiger partial charge is 0.128 e. The van der Waals surface area contributed by atoms with E-state index in [4.69, 9.17) is 0 Å². The largest absolute Gasteiger partial charge is 0.373 e. The van der Waals surface area contributed by atoms with Crippen molar-refractivity contribution in [3.8, 4) is 5.69 Å². The molecule has 0 bridgehead atoms. The molecule has 0 atom stereocenters. The zero-order chi connectivity index (χ0) is 12.5. The van der Waals surface area contributed by atoms with Gasteiger partial charge in [-0.05, 0) is 30.5 Å². The average molecular weight is 237 g/mol. The molecule has 1 aromatic carbocycles. The van der Waals surface area contributed by atoms with E-state index < -0.39 is 0 Å². The minimum absolute atomic E-state index is 0.891. The maximum absolute atomic E-state index is 4.42. The topological polar surface area (TPSA) is 29.9 Å². The molecule has 3 rings (SSSR count). The van der Waals surface area contributed by atoms with Crippen molar-refractivity contribution < 1.29 is 0 Å². The summed E-state index contributed by atoms with van der Waals surface area (Å²) in [5.41, 5.74) is 3.35. The Bertz CT molecular complexity index is 698. The molecule has 2 aromatic heterocycles. The van der Waals surface area contributed by atoms with Gasteiger partial charge in [0, 0.05) is 25.0 Å². The molecule has 0 aliphatic heterocycles. The fraction of sp³-hybridized carbons (Fsp3) is 0.133. The second kappa shape index (κ2) is 4.18. The number of benzene rings is 1. The standard InChI is InChI=1S/C15H15N3/c1-11-9-13(10-15(16-2)17-11)18-8-7-12-5-3-4-6-14(12)18/h3-10H,1-2H3,(H,16,17). The van der Waals surface area contributed by atoms with E-state index in [1.54, 1.807) is 0 Å². The number of hydrogen-bond donors (Lipinski definition) is 1. The summed E-state index contributed by atoms with van der Waals surface area (Å²) < 4.78 is 2.19. The highest BCUT2D eigenvalue weighted by molar-refractivity contribution is 5.82. The molecular weight excluding hydrogens is 222 g/mol. The molecule has 90 valence electrons. The summed E-state index contributed by atoms with van der Waals surface area (Å²) in [7, 11) is 1.89. The highest BCUT2D eigenvalue weighted by Crippen LogP contribution is 2.22. The van der Waals surface area contributed by atoms with E-state index in [1.807, 2.05) is 14.0 Å². The Morgan fingerprint density at radius 3 is 2.78 bits per heavy atom. The molecule has 0 spiro atoms. The van der Waals surface area contributed by atoms with Gasteiger partial charge in [0.2, 0.25) is 0 Å². The van der Waals surface area contributed by atoms with E-state index in [1.165, 1.54) is 10.9 Å². The molecular formula is C15H15N3. The zero-order valence-corrected chi connectivity index (χ0v) is 10.5. The van der Waals surface area contributed by atoms with Gasteiger partial charge in [0.15, 0.2) is 0 Å². The Morgan fingerprint density at radius 2 is 1.94 bits per heavy atom. The Labute approximate surface area is 106 Å². The van der Waals surface area contributed by atoms with Crippen LogP contribution in [0, 0.1) is 6.92 Å². The molecule has 1 N–H and O–H groups in total. The van der Waals surface area contributed by atoms with Gasteiger partial charge in [-0.25, -0.2) is 4.98 Å². The van der Waals surface area contributed by atoms with Crippen LogP contribution in [-0.4, -0.2) is 16.6 Å². The molecule has 0 aliphatic carbocycles. The van der Waals surface area contributed by atoms with Gasteiger partial charge in [-0.2, -0.15) is 0 Å². The van der Waals surface area contributed by atoms with Gasteiger partial charge in [0.05, 0.1) is 11.2 Å². The number of anilines is 1. The first-order chi connectivity index (χ1) is 8.78. The predicted molar refractivity (Wildman–Crippen MR) is 75.4 cm³/mol. The monoisotopic (exact) mass is 237 g/mol. The summed E-state index contributed by atoms with van der Waals surface area (Å²) in [6.07, 6.45) is 2.10. The van der Waals surface area contributed by atoms with E-state index >= 15 is 0 Å². The maximum atomic E-state index is 4.42. The molecule has 0 fully saturated rings. The Hall–Kier alpha value is -2.29. The number of nitrogens with one attached hydrogen (secondary N) is 1. The first kappa shape index (κ1) is 10.8. The third-order valence-electron chi connectivity index (χ3n) is 3.07. The molecule has 2 heterocycles. The van der Waals surface area contributed by atoms with Crippen LogP contribution in [0.4, 0.5) is 5.82 Å². The van der Waals surface area contributed by atoms with Gasteiger partial charge in [0.1, 0.15) is 5.82 Å². The summed E-state index contributed by atoms with van der Waals surface area (Å²) >= 11 is 0. The van der Waals surface area contributed by atoms with E-state index in [0.717, 1.165) is 17.2 Å². The lowest BCUT2D eigenvalue weighted by Crippen LogP contribution is -1.99. The van der Waals surface area contributed by atoms with E-state index in [0.29, 0.717) is 0 Å². The molecule has 3 heteroatoms. The van der Waals surface area contributed by atoms with Crippen LogP contribution in [0.25, 0.3) is 16.6 Å². The molecule has 3 nitrogen and oxygen atoms in total. The van der Waals surface area contributed by atoms with Crippen molar-refractivity contribution in [2.75, 3.05) is 12.4 Å².